The monoisotopic (exact) mass is 191 g/mol. The van der Waals surface area contributed by atoms with Gasteiger partial charge < -0.3 is 4.74 Å². The molecule has 0 unspecified atom stereocenters. The molecule has 1 heterocycles. The average Bonchev–Trinajstić information content (AvgIpc) is 2.42. The molecular weight excluding hydrogens is 182 g/mol. The topological polar surface area (TPSA) is 55.4 Å². The van der Waals surface area contributed by atoms with E-state index in [2.05, 4.69) is 5.32 Å². The van der Waals surface area contributed by atoms with Crippen LogP contribution < -0.4 is 10.1 Å². The van der Waals surface area contributed by atoms with Gasteiger partial charge in [-0.05, 0) is 24.6 Å². The molecule has 1 N–H and O–H groups in total. The molecule has 0 spiro atoms. The second kappa shape index (κ2) is 2.83. The lowest BCUT2D eigenvalue weighted by Crippen LogP contribution is -2.20. The predicted molar refractivity (Wildman–Crippen MR) is 49.5 cm³/mol. The van der Waals surface area contributed by atoms with Gasteiger partial charge in [-0.2, -0.15) is 0 Å². The molecular formula is C10H9NO3. The minimum Gasteiger partial charge on any atom is -0.497 e. The van der Waals surface area contributed by atoms with Crippen molar-refractivity contribution in [3.05, 3.63) is 28.8 Å². The van der Waals surface area contributed by atoms with Crippen molar-refractivity contribution in [1.29, 1.82) is 0 Å². The molecule has 1 aromatic rings. The Morgan fingerprint density at radius 3 is 2.57 bits per heavy atom. The Morgan fingerprint density at radius 2 is 1.93 bits per heavy atom. The summed E-state index contributed by atoms with van der Waals surface area (Å²) >= 11 is 0. The Hall–Kier alpha value is -1.84. The van der Waals surface area contributed by atoms with Gasteiger partial charge in [0, 0.05) is 0 Å². The third kappa shape index (κ3) is 1.08. The largest absolute Gasteiger partial charge is 0.497 e. The van der Waals surface area contributed by atoms with Gasteiger partial charge in [0.15, 0.2) is 0 Å². The number of fused-ring (bicyclic) bond motifs is 1. The van der Waals surface area contributed by atoms with Crippen molar-refractivity contribution in [2.24, 2.45) is 0 Å². The van der Waals surface area contributed by atoms with Crippen LogP contribution in [0.25, 0.3) is 0 Å². The van der Waals surface area contributed by atoms with Crippen molar-refractivity contribution < 1.29 is 14.3 Å². The number of benzene rings is 1. The summed E-state index contributed by atoms with van der Waals surface area (Å²) in [5, 5.41) is 2.24. The van der Waals surface area contributed by atoms with Gasteiger partial charge in [-0.25, -0.2) is 0 Å². The normalized spacial score (nSPS) is 13.9. The summed E-state index contributed by atoms with van der Waals surface area (Å²) in [5.74, 6) is -0.0942. The van der Waals surface area contributed by atoms with Crippen molar-refractivity contribution in [2.45, 2.75) is 6.92 Å². The summed E-state index contributed by atoms with van der Waals surface area (Å²) in [6.45, 7) is 1.78. The number of ether oxygens (including phenoxy) is 1. The maximum Gasteiger partial charge on any atom is 0.259 e. The number of carbonyl (C=O) groups is 2. The van der Waals surface area contributed by atoms with Crippen molar-refractivity contribution in [3.63, 3.8) is 0 Å². The average molecular weight is 191 g/mol. The van der Waals surface area contributed by atoms with Crippen molar-refractivity contribution >= 4 is 11.8 Å². The molecule has 4 heteroatoms. The number of nitrogens with one attached hydrogen (secondary N) is 1. The van der Waals surface area contributed by atoms with Gasteiger partial charge in [-0.3, -0.25) is 14.9 Å². The van der Waals surface area contributed by atoms with E-state index in [0.29, 0.717) is 16.9 Å². The van der Waals surface area contributed by atoms with E-state index in [4.69, 9.17) is 4.74 Å². The first-order valence-corrected chi connectivity index (χ1v) is 4.18. The van der Waals surface area contributed by atoms with E-state index in [1.807, 2.05) is 0 Å². The zero-order valence-electron chi connectivity index (χ0n) is 7.88. The molecule has 0 aromatic heterocycles. The first-order valence-electron chi connectivity index (χ1n) is 4.18. The van der Waals surface area contributed by atoms with E-state index >= 15 is 0 Å². The number of hydrogen-bond acceptors (Lipinski definition) is 3. The SMILES string of the molecule is COc1cc(C)c2c(c1)C(=O)NC2=O. The predicted octanol–water partition coefficient (Wildman–Crippen LogP) is 0.887. The molecule has 2 amide bonds. The van der Waals surface area contributed by atoms with Crippen LogP contribution in [-0.4, -0.2) is 18.9 Å². The summed E-state index contributed by atoms with van der Waals surface area (Å²) in [5.41, 5.74) is 1.60. The highest BCUT2D eigenvalue weighted by atomic mass is 16.5. The first-order chi connectivity index (χ1) is 6.63. The van der Waals surface area contributed by atoms with Crippen molar-refractivity contribution in [3.8, 4) is 5.75 Å². The molecule has 4 nitrogen and oxygen atoms in total. The smallest absolute Gasteiger partial charge is 0.259 e. The van der Waals surface area contributed by atoms with E-state index in [0.717, 1.165) is 5.56 Å². The molecule has 0 fully saturated rings. The van der Waals surface area contributed by atoms with Gasteiger partial charge in [0.25, 0.3) is 11.8 Å². The van der Waals surface area contributed by atoms with Crippen LogP contribution in [0.3, 0.4) is 0 Å². The number of amides is 2. The Kier molecular flexibility index (Phi) is 1.77. The molecule has 14 heavy (non-hydrogen) atoms. The second-order valence-corrected chi connectivity index (χ2v) is 3.15. The number of methoxy groups -OCH3 is 1. The molecule has 0 saturated carbocycles. The highest BCUT2D eigenvalue weighted by molar-refractivity contribution is 6.22. The first kappa shape index (κ1) is 8.74. The third-order valence-corrected chi connectivity index (χ3v) is 2.24. The molecule has 0 aliphatic carbocycles. The molecule has 2 rings (SSSR count). The highest BCUT2D eigenvalue weighted by Gasteiger charge is 2.28. The molecule has 0 radical (unpaired) electrons. The lowest BCUT2D eigenvalue weighted by Gasteiger charge is -2.04. The molecule has 0 atom stereocenters. The maximum atomic E-state index is 11.3. The van der Waals surface area contributed by atoms with E-state index in [1.54, 1.807) is 19.1 Å². The van der Waals surface area contributed by atoms with Crippen LogP contribution in [0.4, 0.5) is 0 Å². The van der Waals surface area contributed by atoms with Gasteiger partial charge in [0.1, 0.15) is 5.75 Å². The molecule has 72 valence electrons. The fourth-order valence-electron chi connectivity index (χ4n) is 1.59. The number of rotatable bonds is 1. The fourth-order valence-corrected chi connectivity index (χ4v) is 1.59. The molecule has 1 aliphatic rings. The Balaban J connectivity index is 2.68. The summed E-state index contributed by atoms with van der Waals surface area (Å²) in [7, 11) is 1.52. The number of hydrogen-bond donors (Lipinski definition) is 1. The van der Waals surface area contributed by atoms with E-state index in [1.165, 1.54) is 7.11 Å². The maximum absolute atomic E-state index is 11.3. The van der Waals surface area contributed by atoms with Crippen molar-refractivity contribution in [1.82, 2.24) is 5.32 Å². The lowest BCUT2D eigenvalue weighted by atomic mass is 10.0. The van der Waals surface area contributed by atoms with Crippen LogP contribution >= 0.6 is 0 Å². The fraction of sp³-hybridized carbons (Fsp3) is 0.200. The lowest BCUT2D eigenvalue weighted by molar-refractivity contribution is 0.0879. The Morgan fingerprint density at radius 1 is 1.21 bits per heavy atom. The summed E-state index contributed by atoms with van der Waals surface area (Å²) in [4.78, 5) is 22.6. The summed E-state index contributed by atoms with van der Waals surface area (Å²) in [6, 6.07) is 3.31. The number of imide groups is 1. The van der Waals surface area contributed by atoms with Gasteiger partial charge in [-0.1, -0.05) is 0 Å². The molecule has 1 aliphatic heterocycles. The van der Waals surface area contributed by atoms with Gasteiger partial charge in [0.05, 0.1) is 18.2 Å². The quantitative estimate of drug-likeness (QED) is 0.670. The van der Waals surface area contributed by atoms with Crippen LogP contribution in [0.5, 0.6) is 5.75 Å². The molecule has 0 bridgehead atoms. The standard InChI is InChI=1S/C10H9NO3/c1-5-3-6(14-2)4-7-8(5)10(13)11-9(7)12/h3-4H,1-2H3,(H,11,12,13). The Bertz CT molecular complexity index is 437. The van der Waals surface area contributed by atoms with E-state index in [-0.39, 0.29) is 11.8 Å². The van der Waals surface area contributed by atoms with Crippen LogP contribution in [0.2, 0.25) is 0 Å². The number of carbonyl (C=O) groups excluding carboxylic acids is 2. The van der Waals surface area contributed by atoms with Gasteiger partial charge >= 0.3 is 0 Å². The van der Waals surface area contributed by atoms with Crippen LogP contribution in [0, 0.1) is 6.92 Å². The zero-order valence-corrected chi connectivity index (χ0v) is 7.88. The third-order valence-electron chi connectivity index (χ3n) is 2.24. The van der Waals surface area contributed by atoms with E-state index < -0.39 is 0 Å². The van der Waals surface area contributed by atoms with Crippen LogP contribution in [0.15, 0.2) is 12.1 Å². The summed E-state index contributed by atoms with van der Waals surface area (Å²) in [6.07, 6.45) is 0. The van der Waals surface area contributed by atoms with Crippen LogP contribution in [0.1, 0.15) is 26.3 Å². The Labute approximate surface area is 80.9 Å². The molecule has 0 saturated heterocycles. The van der Waals surface area contributed by atoms with Crippen molar-refractivity contribution in [2.75, 3.05) is 7.11 Å². The van der Waals surface area contributed by atoms with Crippen LogP contribution in [-0.2, 0) is 0 Å². The second-order valence-electron chi connectivity index (χ2n) is 3.15. The zero-order chi connectivity index (χ0) is 10.3. The van der Waals surface area contributed by atoms with Gasteiger partial charge in [-0.15, -0.1) is 0 Å². The summed E-state index contributed by atoms with van der Waals surface area (Å²) < 4.78 is 5.01. The van der Waals surface area contributed by atoms with Gasteiger partial charge in [0.2, 0.25) is 0 Å². The molecule has 1 aromatic carbocycles. The number of aryl methyl sites for hydroxylation is 1. The highest BCUT2D eigenvalue weighted by Crippen LogP contribution is 2.25. The minimum atomic E-state index is -0.355. The van der Waals surface area contributed by atoms with E-state index in [9.17, 15) is 9.59 Å². The minimum absolute atomic E-state index is 0.329.